The van der Waals surface area contributed by atoms with Gasteiger partial charge < -0.3 is 5.73 Å². The Bertz CT molecular complexity index is 350. The van der Waals surface area contributed by atoms with Crippen molar-refractivity contribution in [1.29, 1.82) is 0 Å². The van der Waals surface area contributed by atoms with Crippen molar-refractivity contribution in [3.63, 3.8) is 0 Å². The average Bonchev–Trinajstić information content (AvgIpc) is 2.20. The summed E-state index contributed by atoms with van der Waals surface area (Å²) in [6.45, 7) is 8.80. The van der Waals surface area contributed by atoms with Gasteiger partial charge in [-0.1, -0.05) is 36.7 Å². The van der Waals surface area contributed by atoms with Crippen LogP contribution in [0.25, 0.3) is 0 Å². The van der Waals surface area contributed by atoms with Crippen molar-refractivity contribution < 1.29 is 0 Å². The molecule has 0 aromatic heterocycles. The Hall–Kier alpha value is 0.01000. The number of benzene rings is 1. The summed E-state index contributed by atoms with van der Waals surface area (Å²) in [5.41, 5.74) is 7.23. The molecule has 3 heteroatoms. The SMILES string of the molecule is CC(N)c1cc(Br)ccc1SC(C)C(C)C. The molecule has 0 heterocycles. The van der Waals surface area contributed by atoms with E-state index >= 15 is 0 Å². The first-order valence-corrected chi connectivity index (χ1v) is 7.30. The van der Waals surface area contributed by atoms with Gasteiger partial charge in [0, 0.05) is 20.7 Å². The van der Waals surface area contributed by atoms with Gasteiger partial charge >= 0.3 is 0 Å². The lowest BCUT2D eigenvalue weighted by Crippen LogP contribution is -2.10. The van der Waals surface area contributed by atoms with Crippen LogP contribution in [-0.2, 0) is 0 Å². The van der Waals surface area contributed by atoms with E-state index in [1.165, 1.54) is 10.5 Å². The molecule has 2 unspecified atom stereocenters. The van der Waals surface area contributed by atoms with Crippen LogP contribution < -0.4 is 5.73 Å². The fourth-order valence-corrected chi connectivity index (χ4v) is 2.90. The van der Waals surface area contributed by atoms with Crippen LogP contribution in [0.5, 0.6) is 0 Å². The van der Waals surface area contributed by atoms with Gasteiger partial charge in [-0.25, -0.2) is 0 Å². The minimum absolute atomic E-state index is 0.0827. The van der Waals surface area contributed by atoms with Crippen LogP contribution in [-0.4, -0.2) is 5.25 Å². The van der Waals surface area contributed by atoms with E-state index in [1.807, 2.05) is 18.7 Å². The topological polar surface area (TPSA) is 26.0 Å². The molecule has 0 bridgehead atoms. The van der Waals surface area contributed by atoms with Gasteiger partial charge in [-0.05, 0) is 36.6 Å². The number of hydrogen-bond acceptors (Lipinski definition) is 2. The number of nitrogens with two attached hydrogens (primary N) is 1. The average molecular weight is 302 g/mol. The summed E-state index contributed by atoms with van der Waals surface area (Å²) in [7, 11) is 0. The summed E-state index contributed by atoms with van der Waals surface area (Å²) in [6, 6.07) is 6.45. The number of rotatable bonds is 4. The molecule has 2 N–H and O–H groups in total. The number of halogens is 1. The van der Waals surface area contributed by atoms with Gasteiger partial charge in [0.2, 0.25) is 0 Å². The van der Waals surface area contributed by atoms with Crippen LogP contribution in [0.2, 0.25) is 0 Å². The Morgan fingerprint density at radius 2 is 1.81 bits per heavy atom. The zero-order valence-corrected chi connectivity index (χ0v) is 12.7. The van der Waals surface area contributed by atoms with E-state index in [0.717, 1.165) is 4.47 Å². The summed E-state index contributed by atoms with van der Waals surface area (Å²) in [5.74, 6) is 0.676. The summed E-state index contributed by atoms with van der Waals surface area (Å²) in [5, 5.41) is 0.610. The maximum absolute atomic E-state index is 6.00. The van der Waals surface area contributed by atoms with Crippen molar-refractivity contribution in [2.45, 2.75) is 43.9 Å². The van der Waals surface area contributed by atoms with E-state index in [1.54, 1.807) is 0 Å². The summed E-state index contributed by atoms with van der Waals surface area (Å²) in [4.78, 5) is 1.31. The Morgan fingerprint density at radius 1 is 1.19 bits per heavy atom. The molecule has 0 saturated heterocycles. The standard InChI is InChI=1S/C13H20BrNS/c1-8(2)10(4)16-13-6-5-11(14)7-12(13)9(3)15/h5-10H,15H2,1-4H3. The van der Waals surface area contributed by atoms with Crippen molar-refractivity contribution >= 4 is 27.7 Å². The van der Waals surface area contributed by atoms with Crippen molar-refractivity contribution in [3.8, 4) is 0 Å². The molecule has 16 heavy (non-hydrogen) atoms. The molecule has 0 radical (unpaired) electrons. The number of thioether (sulfide) groups is 1. The zero-order valence-electron chi connectivity index (χ0n) is 10.3. The lowest BCUT2D eigenvalue weighted by atomic mass is 10.1. The summed E-state index contributed by atoms with van der Waals surface area (Å²) >= 11 is 5.41. The fourth-order valence-electron chi connectivity index (χ4n) is 1.32. The normalized spacial score (nSPS) is 15.2. The van der Waals surface area contributed by atoms with Gasteiger partial charge in [0.05, 0.1) is 0 Å². The fraction of sp³-hybridized carbons (Fsp3) is 0.538. The van der Waals surface area contributed by atoms with Crippen LogP contribution in [0.1, 0.15) is 39.3 Å². The minimum Gasteiger partial charge on any atom is -0.324 e. The third-order valence-corrected chi connectivity index (χ3v) is 4.75. The van der Waals surface area contributed by atoms with E-state index < -0.39 is 0 Å². The Balaban J connectivity index is 2.95. The molecule has 0 spiro atoms. The monoisotopic (exact) mass is 301 g/mol. The molecule has 1 aromatic carbocycles. The molecule has 2 atom stereocenters. The molecule has 1 rings (SSSR count). The molecule has 0 aliphatic heterocycles. The second-order valence-electron chi connectivity index (χ2n) is 4.54. The maximum Gasteiger partial charge on any atom is 0.0277 e. The summed E-state index contributed by atoms with van der Waals surface area (Å²) in [6.07, 6.45) is 0. The molecule has 0 fully saturated rings. The van der Waals surface area contributed by atoms with Gasteiger partial charge in [0.25, 0.3) is 0 Å². The van der Waals surface area contributed by atoms with E-state index in [0.29, 0.717) is 11.2 Å². The van der Waals surface area contributed by atoms with Gasteiger partial charge in [0.15, 0.2) is 0 Å². The van der Waals surface area contributed by atoms with Crippen LogP contribution in [0, 0.1) is 5.92 Å². The van der Waals surface area contributed by atoms with Gasteiger partial charge in [0.1, 0.15) is 0 Å². The maximum atomic E-state index is 6.00. The predicted molar refractivity (Wildman–Crippen MR) is 76.9 cm³/mol. The van der Waals surface area contributed by atoms with Crippen LogP contribution in [0.4, 0.5) is 0 Å². The lowest BCUT2D eigenvalue weighted by molar-refractivity contribution is 0.641. The van der Waals surface area contributed by atoms with E-state index in [-0.39, 0.29) is 6.04 Å². The van der Waals surface area contributed by atoms with Gasteiger partial charge in [-0.2, -0.15) is 0 Å². The molecule has 1 aromatic rings. The molecular formula is C13H20BrNS. The zero-order chi connectivity index (χ0) is 12.3. The quantitative estimate of drug-likeness (QED) is 0.822. The van der Waals surface area contributed by atoms with Gasteiger partial charge in [-0.3, -0.25) is 0 Å². The summed E-state index contributed by atoms with van der Waals surface area (Å²) < 4.78 is 1.10. The minimum atomic E-state index is 0.0827. The highest BCUT2D eigenvalue weighted by molar-refractivity contribution is 9.10. The van der Waals surface area contributed by atoms with Crippen molar-refractivity contribution in [2.24, 2.45) is 11.7 Å². The third kappa shape index (κ3) is 3.79. The number of hydrogen-bond donors (Lipinski definition) is 1. The molecule has 0 saturated carbocycles. The molecule has 0 aliphatic rings. The highest BCUT2D eigenvalue weighted by Crippen LogP contribution is 2.34. The molecule has 0 amide bonds. The Labute approximate surface area is 111 Å². The van der Waals surface area contributed by atoms with Crippen molar-refractivity contribution in [1.82, 2.24) is 0 Å². The van der Waals surface area contributed by atoms with Gasteiger partial charge in [-0.15, -0.1) is 11.8 Å². The Morgan fingerprint density at radius 3 is 2.31 bits per heavy atom. The van der Waals surface area contributed by atoms with Crippen LogP contribution in [0.15, 0.2) is 27.6 Å². The predicted octanol–water partition coefficient (Wildman–Crippen LogP) is 4.61. The highest BCUT2D eigenvalue weighted by atomic mass is 79.9. The lowest BCUT2D eigenvalue weighted by Gasteiger charge is -2.19. The van der Waals surface area contributed by atoms with E-state index in [2.05, 4.69) is 54.9 Å². The van der Waals surface area contributed by atoms with Crippen molar-refractivity contribution in [3.05, 3.63) is 28.2 Å². The molecule has 90 valence electrons. The van der Waals surface area contributed by atoms with Crippen LogP contribution in [0.3, 0.4) is 0 Å². The molecule has 0 aliphatic carbocycles. The van der Waals surface area contributed by atoms with E-state index in [9.17, 15) is 0 Å². The Kier molecular flexibility index (Phi) is 5.35. The molecular weight excluding hydrogens is 282 g/mol. The first kappa shape index (κ1) is 14.1. The second kappa shape index (κ2) is 6.08. The van der Waals surface area contributed by atoms with Crippen LogP contribution >= 0.6 is 27.7 Å². The largest absolute Gasteiger partial charge is 0.324 e. The van der Waals surface area contributed by atoms with E-state index in [4.69, 9.17) is 5.73 Å². The van der Waals surface area contributed by atoms with Crippen molar-refractivity contribution in [2.75, 3.05) is 0 Å². The highest BCUT2D eigenvalue weighted by Gasteiger charge is 2.13. The molecule has 1 nitrogen and oxygen atoms in total. The first-order valence-electron chi connectivity index (χ1n) is 5.63. The smallest absolute Gasteiger partial charge is 0.0277 e. The third-order valence-electron chi connectivity index (χ3n) is 2.71. The first-order chi connectivity index (χ1) is 7.41. The second-order valence-corrected chi connectivity index (χ2v) is 6.87.